The maximum atomic E-state index is 5.57. The van der Waals surface area contributed by atoms with Gasteiger partial charge in [0.15, 0.2) is 22.9 Å². The van der Waals surface area contributed by atoms with Crippen molar-refractivity contribution in [1.82, 2.24) is 0 Å². The molecule has 17 heavy (non-hydrogen) atoms. The maximum absolute atomic E-state index is 5.57. The van der Waals surface area contributed by atoms with Crippen LogP contribution in [0.5, 0.6) is 11.5 Å². The number of rotatable bonds is 0. The van der Waals surface area contributed by atoms with Crippen molar-refractivity contribution in [3.05, 3.63) is 55.6 Å². The standard InChI is InChI=1S/C14H13NO2/c1-15-11-6-2-4-8-13(11)16-10-17-14-9-5-3-7-12(14)15/h2-9,15H,1,10H2. The second-order valence-corrected chi connectivity index (χ2v) is 3.88. The van der Waals surface area contributed by atoms with E-state index < -0.39 is 0 Å². The predicted octanol–water partition coefficient (Wildman–Crippen LogP) is 2.05. The lowest BCUT2D eigenvalue weighted by atomic mass is 10.2. The monoisotopic (exact) mass is 227 g/mol. The lowest BCUT2D eigenvalue weighted by Gasteiger charge is -2.26. The maximum Gasteiger partial charge on any atom is 0.231 e. The van der Waals surface area contributed by atoms with Crippen LogP contribution in [0.25, 0.3) is 0 Å². The highest BCUT2D eigenvalue weighted by Gasteiger charge is 2.18. The van der Waals surface area contributed by atoms with Crippen LogP contribution in [0, 0.1) is 7.05 Å². The van der Waals surface area contributed by atoms with Gasteiger partial charge in [-0.25, -0.2) is 0 Å². The van der Waals surface area contributed by atoms with E-state index in [1.165, 1.54) is 0 Å². The lowest BCUT2D eigenvalue weighted by molar-refractivity contribution is -0.706. The van der Waals surface area contributed by atoms with Crippen molar-refractivity contribution in [2.75, 3.05) is 6.79 Å². The first-order valence-corrected chi connectivity index (χ1v) is 5.49. The molecule has 3 nitrogen and oxygen atoms in total. The third-order valence-corrected chi connectivity index (χ3v) is 2.85. The van der Waals surface area contributed by atoms with Crippen molar-refractivity contribution >= 4 is 11.4 Å². The minimum absolute atomic E-state index is 0.224. The summed E-state index contributed by atoms with van der Waals surface area (Å²) in [6, 6.07) is 15.7. The van der Waals surface area contributed by atoms with Crippen LogP contribution in [0.15, 0.2) is 48.5 Å². The largest absolute Gasteiger partial charge is 0.451 e. The van der Waals surface area contributed by atoms with Gasteiger partial charge >= 0.3 is 0 Å². The van der Waals surface area contributed by atoms with Gasteiger partial charge in [0.25, 0.3) is 0 Å². The van der Waals surface area contributed by atoms with Crippen LogP contribution in [-0.4, -0.2) is 6.79 Å². The average Bonchev–Trinajstić information content (AvgIpc) is 2.37. The number of hydrogen-bond donors (Lipinski definition) is 1. The zero-order valence-electron chi connectivity index (χ0n) is 9.35. The van der Waals surface area contributed by atoms with Crippen molar-refractivity contribution < 1.29 is 14.4 Å². The van der Waals surface area contributed by atoms with Crippen molar-refractivity contribution in [3.63, 3.8) is 0 Å². The number of benzene rings is 2. The van der Waals surface area contributed by atoms with Gasteiger partial charge in [-0.3, -0.25) is 0 Å². The minimum Gasteiger partial charge on any atom is -0.451 e. The van der Waals surface area contributed by atoms with Gasteiger partial charge in [0.2, 0.25) is 6.79 Å². The molecule has 2 aromatic rings. The molecule has 0 saturated carbocycles. The molecule has 3 rings (SSSR count). The van der Waals surface area contributed by atoms with E-state index in [1.807, 2.05) is 48.5 Å². The summed E-state index contributed by atoms with van der Waals surface area (Å²) in [6.45, 7) is 0.224. The normalized spacial score (nSPS) is 14.6. The molecular formula is C14H13NO2. The molecule has 0 aliphatic carbocycles. The highest BCUT2D eigenvalue weighted by Crippen LogP contribution is 2.28. The predicted molar refractivity (Wildman–Crippen MR) is 64.6 cm³/mol. The third-order valence-electron chi connectivity index (χ3n) is 2.85. The van der Waals surface area contributed by atoms with Gasteiger partial charge in [-0.2, -0.15) is 0 Å². The topological polar surface area (TPSA) is 22.9 Å². The molecule has 2 aromatic carbocycles. The van der Waals surface area contributed by atoms with Gasteiger partial charge in [0.1, 0.15) is 0 Å². The lowest BCUT2D eigenvalue weighted by Crippen LogP contribution is -2.96. The van der Waals surface area contributed by atoms with Crippen LogP contribution < -0.4 is 14.4 Å². The van der Waals surface area contributed by atoms with Gasteiger partial charge in [0, 0.05) is 12.1 Å². The molecule has 86 valence electrons. The molecule has 1 aliphatic heterocycles. The Bertz CT molecular complexity index is 492. The Labute approximate surface area is 100 Å². The van der Waals surface area contributed by atoms with Crippen LogP contribution in [0.3, 0.4) is 0 Å². The van der Waals surface area contributed by atoms with Gasteiger partial charge < -0.3 is 14.4 Å². The molecule has 0 spiro atoms. The Balaban J connectivity index is 2.15. The molecule has 0 aromatic heterocycles. The number of hydrogen-bond acceptors (Lipinski definition) is 2. The summed E-state index contributed by atoms with van der Waals surface area (Å²) < 4.78 is 11.1. The number of nitrogens with one attached hydrogen (secondary N) is 1. The smallest absolute Gasteiger partial charge is 0.231 e. The van der Waals surface area contributed by atoms with E-state index in [0.717, 1.165) is 27.8 Å². The molecule has 0 atom stereocenters. The summed E-state index contributed by atoms with van der Waals surface area (Å²) in [5.74, 6) is 1.62. The zero-order valence-corrected chi connectivity index (χ0v) is 9.35. The van der Waals surface area contributed by atoms with Crippen molar-refractivity contribution in [3.8, 4) is 11.5 Å². The van der Waals surface area contributed by atoms with E-state index in [9.17, 15) is 0 Å². The summed E-state index contributed by atoms with van der Waals surface area (Å²) >= 11 is 0. The highest BCUT2D eigenvalue weighted by molar-refractivity contribution is 5.53. The average molecular weight is 227 g/mol. The fraction of sp³-hybridized carbons (Fsp3) is 0.0714. The Morgan fingerprint density at radius 3 is 1.82 bits per heavy atom. The Hall–Kier alpha value is -2.00. The molecule has 3 heteroatoms. The van der Waals surface area contributed by atoms with Gasteiger partial charge in [0.05, 0.1) is 0 Å². The second kappa shape index (κ2) is 4.11. The van der Waals surface area contributed by atoms with Crippen molar-refractivity contribution in [2.45, 2.75) is 0 Å². The van der Waals surface area contributed by atoms with Gasteiger partial charge in [-0.15, -0.1) is 7.05 Å². The van der Waals surface area contributed by atoms with Gasteiger partial charge in [-0.1, -0.05) is 24.3 Å². The SMILES string of the molecule is [CH2-][NH+]1c2ccccc2OCOc2ccccc21. The van der Waals surface area contributed by atoms with Crippen LogP contribution in [0.2, 0.25) is 0 Å². The van der Waals surface area contributed by atoms with E-state index in [0.29, 0.717) is 0 Å². The quantitative estimate of drug-likeness (QED) is 0.696. The fourth-order valence-electron chi connectivity index (χ4n) is 1.99. The minimum atomic E-state index is 0.224. The first kappa shape index (κ1) is 10.2. The van der Waals surface area contributed by atoms with E-state index in [2.05, 4.69) is 7.05 Å². The highest BCUT2D eigenvalue weighted by atomic mass is 16.7. The summed E-state index contributed by atoms with van der Waals surface area (Å²) in [7, 11) is 4.14. The Kier molecular flexibility index (Phi) is 2.46. The molecule has 0 radical (unpaired) electrons. The van der Waals surface area contributed by atoms with Crippen molar-refractivity contribution in [1.29, 1.82) is 0 Å². The molecule has 0 amide bonds. The molecule has 1 N–H and O–H groups in total. The molecule has 0 saturated heterocycles. The number of fused-ring (bicyclic) bond motifs is 2. The van der Waals surface area contributed by atoms with Crippen LogP contribution >= 0.6 is 0 Å². The number of quaternary nitrogens is 1. The zero-order chi connectivity index (χ0) is 11.7. The third kappa shape index (κ3) is 1.74. The van der Waals surface area contributed by atoms with Crippen LogP contribution in [-0.2, 0) is 0 Å². The molecule has 1 aliphatic rings. The molecule has 1 heterocycles. The van der Waals surface area contributed by atoms with E-state index in [1.54, 1.807) is 0 Å². The molecule has 0 fully saturated rings. The molecule has 0 bridgehead atoms. The number of para-hydroxylation sites is 4. The summed E-state index contributed by atoms with van der Waals surface area (Å²) in [6.07, 6.45) is 0. The summed E-state index contributed by atoms with van der Waals surface area (Å²) in [5.41, 5.74) is 2.03. The summed E-state index contributed by atoms with van der Waals surface area (Å²) in [5, 5.41) is 0. The second-order valence-electron chi connectivity index (χ2n) is 3.88. The fourth-order valence-corrected chi connectivity index (χ4v) is 1.99. The van der Waals surface area contributed by atoms with E-state index in [-0.39, 0.29) is 6.79 Å². The molecular weight excluding hydrogens is 214 g/mol. The van der Waals surface area contributed by atoms with E-state index >= 15 is 0 Å². The first-order chi connectivity index (χ1) is 8.36. The first-order valence-electron chi connectivity index (χ1n) is 5.49. The Morgan fingerprint density at radius 2 is 1.29 bits per heavy atom. The molecule has 0 unspecified atom stereocenters. The Morgan fingerprint density at radius 1 is 0.824 bits per heavy atom. The van der Waals surface area contributed by atoms with Crippen LogP contribution in [0.4, 0.5) is 11.4 Å². The van der Waals surface area contributed by atoms with Crippen LogP contribution in [0.1, 0.15) is 0 Å². The van der Waals surface area contributed by atoms with Crippen molar-refractivity contribution in [2.24, 2.45) is 0 Å². The van der Waals surface area contributed by atoms with E-state index in [4.69, 9.17) is 9.47 Å². The summed E-state index contributed by atoms with van der Waals surface area (Å²) in [4.78, 5) is 0.927. The number of ether oxygens (including phenoxy) is 2. The van der Waals surface area contributed by atoms with Gasteiger partial charge in [-0.05, 0) is 12.1 Å².